The average Bonchev–Trinajstić information content (AvgIpc) is 2.60. The summed E-state index contributed by atoms with van der Waals surface area (Å²) in [6.45, 7) is -0.0685. The highest BCUT2D eigenvalue weighted by Crippen LogP contribution is 2.27. The van der Waals surface area contributed by atoms with Crippen LogP contribution in [0.15, 0.2) is 47.6 Å². The topological polar surface area (TPSA) is 83.7 Å². The van der Waals surface area contributed by atoms with Gasteiger partial charge >= 0.3 is 0 Å². The minimum absolute atomic E-state index is 0.0685. The van der Waals surface area contributed by atoms with Gasteiger partial charge in [0.15, 0.2) is 18.1 Å². The van der Waals surface area contributed by atoms with Gasteiger partial charge in [0.25, 0.3) is 5.91 Å². The van der Waals surface area contributed by atoms with Gasteiger partial charge in [-0.05, 0) is 48.0 Å². The number of carbonyl (C=O) groups excluding carboxylic acids is 1. The first kappa shape index (κ1) is 17.3. The monoisotopic (exact) mass is 343 g/mol. The van der Waals surface area contributed by atoms with Crippen LogP contribution in [0.4, 0.5) is 0 Å². The van der Waals surface area contributed by atoms with Crippen molar-refractivity contribution < 1.29 is 14.3 Å². The molecule has 0 saturated heterocycles. The maximum atomic E-state index is 11.9. The predicted octanol–water partition coefficient (Wildman–Crippen LogP) is 3.01. The van der Waals surface area contributed by atoms with Gasteiger partial charge in [-0.15, -0.1) is 0 Å². The lowest BCUT2D eigenvalue weighted by Gasteiger charge is -2.08. The van der Waals surface area contributed by atoms with Gasteiger partial charge in [0.2, 0.25) is 0 Å². The maximum Gasteiger partial charge on any atom is 0.271 e. The van der Waals surface area contributed by atoms with Crippen LogP contribution >= 0.6 is 11.6 Å². The Morgan fingerprint density at radius 2 is 2.04 bits per heavy atom. The number of benzene rings is 2. The molecular weight excluding hydrogens is 330 g/mol. The molecule has 6 nitrogen and oxygen atoms in total. The summed E-state index contributed by atoms with van der Waals surface area (Å²) < 4.78 is 10.4. The molecule has 122 valence electrons. The third-order valence-electron chi connectivity index (χ3n) is 2.97. The van der Waals surface area contributed by atoms with Gasteiger partial charge in [-0.1, -0.05) is 11.6 Å². The molecule has 0 aliphatic heterocycles. The first-order valence-electron chi connectivity index (χ1n) is 6.91. The van der Waals surface area contributed by atoms with Crippen LogP contribution in [0.25, 0.3) is 0 Å². The van der Waals surface area contributed by atoms with E-state index in [0.29, 0.717) is 27.6 Å². The fourth-order valence-electron chi connectivity index (χ4n) is 1.82. The largest absolute Gasteiger partial charge is 0.493 e. The zero-order valence-corrected chi connectivity index (χ0v) is 13.6. The molecule has 0 fully saturated rings. The third kappa shape index (κ3) is 4.73. The molecular formula is C17H14ClN3O3. The average molecular weight is 344 g/mol. The third-order valence-corrected chi connectivity index (χ3v) is 3.22. The molecule has 2 aromatic rings. The Morgan fingerprint density at radius 1 is 1.29 bits per heavy atom. The van der Waals surface area contributed by atoms with Crippen LogP contribution in [0.5, 0.6) is 11.5 Å². The summed E-state index contributed by atoms with van der Waals surface area (Å²) in [6.07, 6.45) is 1.48. The van der Waals surface area contributed by atoms with Crippen LogP contribution in [0.1, 0.15) is 15.9 Å². The van der Waals surface area contributed by atoms with E-state index in [0.717, 1.165) is 0 Å². The molecule has 0 saturated carbocycles. The van der Waals surface area contributed by atoms with Crippen molar-refractivity contribution in [3.8, 4) is 17.6 Å². The van der Waals surface area contributed by atoms with Gasteiger partial charge in [0.1, 0.15) is 6.07 Å². The summed E-state index contributed by atoms with van der Waals surface area (Å²) >= 11 is 5.77. The Kier molecular flexibility index (Phi) is 6.17. The van der Waals surface area contributed by atoms with Gasteiger partial charge in [-0.3, -0.25) is 4.79 Å². The molecule has 0 unspecified atom stereocenters. The van der Waals surface area contributed by atoms with Gasteiger partial charge in [-0.25, -0.2) is 5.43 Å². The van der Waals surface area contributed by atoms with E-state index in [-0.39, 0.29) is 12.5 Å². The lowest BCUT2D eigenvalue weighted by molar-refractivity contribution is 0.0955. The van der Waals surface area contributed by atoms with Gasteiger partial charge in [0.05, 0.1) is 13.3 Å². The van der Waals surface area contributed by atoms with E-state index < -0.39 is 0 Å². The van der Waals surface area contributed by atoms with Gasteiger partial charge in [-0.2, -0.15) is 10.4 Å². The maximum absolute atomic E-state index is 11.9. The van der Waals surface area contributed by atoms with Crippen molar-refractivity contribution in [1.29, 1.82) is 5.26 Å². The van der Waals surface area contributed by atoms with E-state index in [1.165, 1.54) is 13.3 Å². The fourth-order valence-corrected chi connectivity index (χ4v) is 1.95. The molecule has 2 aromatic carbocycles. The quantitative estimate of drug-likeness (QED) is 0.645. The second kappa shape index (κ2) is 8.56. The smallest absolute Gasteiger partial charge is 0.271 e. The van der Waals surface area contributed by atoms with Crippen molar-refractivity contribution in [2.45, 2.75) is 0 Å². The molecule has 7 heteroatoms. The molecule has 0 heterocycles. The number of nitrogens with one attached hydrogen (secondary N) is 1. The van der Waals surface area contributed by atoms with E-state index >= 15 is 0 Å². The van der Waals surface area contributed by atoms with Crippen molar-refractivity contribution in [2.24, 2.45) is 5.10 Å². The standard InChI is InChI=1S/C17H14ClN3O3/c1-23-16-10-12(2-7-15(16)24-9-8-19)11-20-21-17(22)13-3-5-14(18)6-4-13/h2-7,10-11H,9H2,1H3,(H,21,22)/b20-11-. The number of halogens is 1. The zero-order valence-electron chi connectivity index (χ0n) is 12.8. The summed E-state index contributed by atoms with van der Waals surface area (Å²) in [5.41, 5.74) is 3.58. The highest BCUT2D eigenvalue weighted by Gasteiger charge is 2.06. The van der Waals surface area contributed by atoms with Gasteiger partial charge < -0.3 is 9.47 Å². The van der Waals surface area contributed by atoms with E-state index in [1.54, 1.807) is 42.5 Å². The second-order valence-corrected chi connectivity index (χ2v) is 5.00. The number of amides is 1. The van der Waals surface area contributed by atoms with Crippen LogP contribution < -0.4 is 14.9 Å². The molecule has 0 atom stereocenters. The number of ether oxygens (including phenoxy) is 2. The molecule has 0 aliphatic rings. The molecule has 1 N–H and O–H groups in total. The SMILES string of the molecule is COc1cc(/C=N\NC(=O)c2ccc(Cl)cc2)ccc1OCC#N. The van der Waals surface area contributed by atoms with Crippen molar-refractivity contribution in [3.05, 3.63) is 58.6 Å². The molecule has 1 amide bonds. The normalized spacial score (nSPS) is 10.2. The molecule has 0 bridgehead atoms. The van der Waals surface area contributed by atoms with Crippen LogP contribution in [-0.4, -0.2) is 25.8 Å². The number of nitrogens with zero attached hydrogens (tertiary/aromatic N) is 2. The van der Waals surface area contributed by atoms with Crippen molar-refractivity contribution in [2.75, 3.05) is 13.7 Å². The number of rotatable bonds is 6. The number of methoxy groups -OCH3 is 1. The number of carbonyl (C=O) groups is 1. The predicted molar refractivity (Wildman–Crippen MR) is 90.6 cm³/mol. The Morgan fingerprint density at radius 3 is 2.71 bits per heavy atom. The number of hydrogen-bond acceptors (Lipinski definition) is 5. The molecule has 0 radical (unpaired) electrons. The lowest BCUT2D eigenvalue weighted by Crippen LogP contribution is -2.17. The van der Waals surface area contributed by atoms with E-state index in [4.69, 9.17) is 26.3 Å². The minimum atomic E-state index is -0.344. The van der Waals surface area contributed by atoms with Crippen LogP contribution in [0, 0.1) is 11.3 Å². The molecule has 0 spiro atoms. The Balaban J connectivity index is 2.02. The Bertz CT molecular complexity index is 783. The van der Waals surface area contributed by atoms with E-state index in [1.807, 2.05) is 6.07 Å². The first-order chi connectivity index (χ1) is 11.6. The van der Waals surface area contributed by atoms with Crippen LogP contribution in [0.2, 0.25) is 5.02 Å². The summed E-state index contributed by atoms with van der Waals surface area (Å²) in [4.78, 5) is 11.9. The molecule has 24 heavy (non-hydrogen) atoms. The van der Waals surface area contributed by atoms with Crippen LogP contribution in [0.3, 0.4) is 0 Å². The number of hydrazone groups is 1. The molecule has 0 aliphatic carbocycles. The highest BCUT2D eigenvalue weighted by atomic mass is 35.5. The minimum Gasteiger partial charge on any atom is -0.493 e. The Hall–Kier alpha value is -3.04. The Labute approximate surface area is 144 Å². The fraction of sp³-hybridized carbons (Fsp3) is 0.118. The number of hydrogen-bond donors (Lipinski definition) is 1. The highest BCUT2D eigenvalue weighted by molar-refractivity contribution is 6.30. The summed E-state index contributed by atoms with van der Waals surface area (Å²) in [5, 5.41) is 13.0. The zero-order chi connectivity index (χ0) is 17.4. The molecule has 0 aromatic heterocycles. The summed E-state index contributed by atoms with van der Waals surface area (Å²) in [7, 11) is 1.50. The molecule has 2 rings (SSSR count). The van der Waals surface area contributed by atoms with Crippen molar-refractivity contribution >= 4 is 23.7 Å². The van der Waals surface area contributed by atoms with E-state index in [9.17, 15) is 4.79 Å². The lowest BCUT2D eigenvalue weighted by atomic mass is 10.2. The van der Waals surface area contributed by atoms with Crippen LogP contribution in [-0.2, 0) is 0 Å². The van der Waals surface area contributed by atoms with E-state index in [2.05, 4.69) is 10.5 Å². The van der Waals surface area contributed by atoms with Gasteiger partial charge in [0, 0.05) is 10.6 Å². The summed E-state index contributed by atoms with van der Waals surface area (Å²) in [5.74, 6) is 0.587. The summed E-state index contributed by atoms with van der Waals surface area (Å²) in [6, 6.07) is 13.4. The number of nitriles is 1. The van der Waals surface area contributed by atoms with Crippen molar-refractivity contribution in [1.82, 2.24) is 5.43 Å². The second-order valence-electron chi connectivity index (χ2n) is 4.56. The van der Waals surface area contributed by atoms with Crippen molar-refractivity contribution in [3.63, 3.8) is 0 Å². The first-order valence-corrected chi connectivity index (χ1v) is 7.28.